The van der Waals surface area contributed by atoms with E-state index < -0.39 is 42.3 Å². The largest absolute Gasteiger partial charge is 0.508 e. The standard InChI is InChI=1S/C31H49NO9/c1-19(20(2)39-28(36)37-18-31(9,10)11)38-27(35)22(32)14-21-12-13-23(40-25(33)16-29(3,4)5)24(15-21)41-26(34)17-30(6,7)8/h12-13,15,19-20,22H,14,16-18,32H2,1-11H3/t19-,20?,22-/m0/s1. The van der Waals surface area contributed by atoms with Gasteiger partial charge in [-0.05, 0) is 54.2 Å². The second kappa shape index (κ2) is 14.7. The highest BCUT2D eigenvalue weighted by Gasteiger charge is 2.27. The molecular formula is C31H49NO9. The Morgan fingerprint density at radius 2 is 1.22 bits per heavy atom. The zero-order valence-corrected chi connectivity index (χ0v) is 26.5. The first-order valence-electron chi connectivity index (χ1n) is 13.9. The van der Waals surface area contributed by atoms with Gasteiger partial charge >= 0.3 is 24.1 Å². The van der Waals surface area contributed by atoms with Crippen LogP contribution in [-0.2, 0) is 35.0 Å². The van der Waals surface area contributed by atoms with Crippen molar-refractivity contribution in [3.05, 3.63) is 23.8 Å². The number of hydrogen-bond donors (Lipinski definition) is 1. The van der Waals surface area contributed by atoms with Crippen LogP contribution in [0.15, 0.2) is 18.2 Å². The Hall–Kier alpha value is -3.14. The summed E-state index contributed by atoms with van der Waals surface area (Å²) in [5.74, 6) is -1.51. The van der Waals surface area contributed by atoms with Crippen molar-refractivity contribution >= 4 is 24.1 Å². The highest BCUT2D eigenvalue weighted by Crippen LogP contribution is 2.32. The van der Waals surface area contributed by atoms with Crippen LogP contribution in [0.4, 0.5) is 4.79 Å². The number of carbonyl (C=O) groups excluding carboxylic acids is 4. The fourth-order valence-electron chi connectivity index (χ4n) is 3.29. The van der Waals surface area contributed by atoms with Crippen molar-refractivity contribution in [3.63, 3.8) is 0 Å². The fourth-order valence-corrected chi connectivity index (χ4v) is 3.29. The summed E-state index contributed by atoms with van der Waals surface area (Å²) in [6.07, 6.45) is -2.05. The lowest BCUT2D eigenvalue weighted by Gasteiger charge is -2.23. The van der Waals surface area contributed by atoms with Crippen LogP contribution in [0.3, 0.4) is 0 Å². The Bertz CT molecular complexity index is 1060. The van der Waals surface area contributed by atoms with Gasteiger partial charge in [0.2, 0.25) is 0 Å². The van der Waals surface area contributed by atoms with Crippen LogP contribution in [0.5, 0.6) is 11.5 Å². The average Bonchev–Trinajstić information content (AvgIpc) is 2.76. The normalized spacial score (nSPS) is 14.3. The smallest absolute Gasteiger partial charge is 0.458 e. The minimum absolute atomic E-state index is 0.0501. The van der Waals surface area contributed by atoms with Gasteiger partial charge in [-0.15, -0.1) is 0 Å². The molecule has 0 bridgehead atoms. The maximum absolute atomic E-state index is 12.7. The summed E-state index contributed by atoms with van der Waals surface area (Å²) in [7, 11) is 0. The van der Waals surface area contributed by atoms with E-state index in [9.17, 15) is 19.2 Å². The van der Waals surface area contributed by atoms with E-state index in [2.05, 4.69) is 0 Å². The number of benzene rings is 1. The van der Waals surface area contributed by atoms with Crippen LogP contribution < -0.4 is 15.2 Å². The SMILES string of the molecule is CC(OC(=O)OCC(C)(C)C)[C@H](C)OC(=O)[C@@H](N)Cc1ccc(OC(=O)CC(C)(C)C)c(OC(=O)CC(C)(C)C)c1. The van der Waals surface area contributed by atoms with Crippen molar-refractivity contribution in [1.29, 1.82) is 0 Å². The van der Waals surface area contributed by atoms with Crippen LogP contribution in [0.25, 0.3) is 0 Å². The Labute approximate surface area is 244 Å². The van der Waals surface area contributed by atoms with Crippen molar-refractivity contribution in [2.75, 3.05) is 6.61 Å². The Balaban J connectivity index is 2.94. The molecule has 0 radical (unpaired) electrons. The molecule has 1 unspecified atom stereocenters. The molecule has 0 fully saturated rings. The molecule has 1 aromatic carbocycles. The van der Waals surface area contributed by atoms with E-state index in [0.717, 1.165) is 0 Å². The molecule has 0 heterocycles. The lowest BCUT2D eigenvalue weighted by atomic mass is 9.92. The molecule has 232 valence electrons. The van der Waals surface area contributed by atoms with Crippen LogP contribution in [0.1, 0.15) is 94.6 Å². The summed E-state index contributed by atoms with van der Waals surface area (Å²) >= 11 is 0. The molecule has 0 amide bonds. The third-order valence-corrected chi connectivity index (χ3v) is 5.43. The van der Waals surface area contributed by atoms with Crippen molar-refractivity contribution in [1.82, 2.24) is 0 Å². The lowest BCUT2D eigenvalue weighted by molar-refractivity contribution is -0.155. The molecule has 10 nitrogen and oxygen atoms in total. The van der Waals surface area contributed by atoms with Gasteiger partial charge in [-0.2, -0.15) is 0 Å². The molecule has 0 spiro atoms. The van der Waals surface area contributed by atoms with Crippen LogP contribution in [-0.4, -0.2) is 48.9 Å². The maximum atomic E-state index is 12.7. The lowest BCUT2D eigenvalue weighted by Crippen LogP contribution is -2.39. The monoisotopic (exact) mass is 579 g/mol. The quantitative estimate of drug-likeness (QED) is 0.254. The van der Waals surface area contributed by atoms with Gasteiger partial charge in [0.1, 0.15) is 18.2 Å². The van der Waals surface area contributed by atoms with Gasteiger partial charge in [0.05, 0.1) is 19.4 Å². The first kappa shape index (κ1) is 35.9. The molecule has 0 saturated heterocycles. The molecule has 0 aliphatic carbocycles. The Kier molecular flexibility index (Phi) is 12.8. The van der Waals surface area contributed by atoms with Crippen LogP contribution in [0, 0.1) is 16.2 Å². The summed E-state index contributed by atoms with van der Waals surface area (Å²) in [6.45, 7) is 20.5. The summed E-state index contributed by atoms with van der Waals surface area (Å²) in [4.78, 5) is 49.7. The van der Waals surface area contributed by atoms with Gasteiger partial charge in [0.25, 0.3) is 0 Å². The number of nitrogens with two attached hydrogens (primary N) is 1. The predicted molar refractivity (Wildman–Crippen MR) is 154 cm³/mol. The molecule has 3 atom stereocenters. The zero-order valence-electron chi connectivity index (χ0n) is 26.5. The van der Waals surface area contributed by atoms with E-state index in [1.165, 1.54) is 12.1 Å². The topological polar surface area (TPSA) is 140 Å². The van der Waals surface area contributed by atoms with E-state index in [4.69, 9.17) is 29.4 Å². The highest BCUT2D eigenvalue weighted by atomic mass is 16.7. The first-order valence-corrected chi connectivity index (χ1v) is 13.9. The molecular weight excluding hydrogens is 530 g/mol. The number of esters is 3. The molecule has 0 aromatic heterocycles. The minimum atomic E-state index is -1.06. The van der Waals surface area contributed by atoms with E-state index in [-0.39, 0.29) is 53.6 Å². The van der Waals surface area contributed by atoms with E-state index in [1.54, 1.807) is 19.9 Å². The number of carbonyl (C=O) groups is 4. The molecule has 41 heavy (non-hydrogen) atoms. The van der Waals surface area contributed by atoms with E-state index in [0.29, 0.717) is 5.56 Å². The Morgan fingerprint density at radius 1 is 0.732 bits per heavy atom. The Morgan fingerprint density at radius 3 is 1.71 bits per heavy atom. The predicted octanol–water partition coefficient (Wildman–Crippen LogP) is 5.76. The number of rotatable bonds is 11. The van der Waals surface area contributed by atoms with Gasteiger partial charge in [-0.1, -0.05) is 68.4 Å². The molecule has 10 heteroatoms. The summed E-state index contributed by atoms with van der Waals surface area (Å²) < 4.78 is 26.8. The summed E-state index contributed by atoms with van der Waals surface area (Å²) in [5.41, 5.74) is 5.85. The molecule has 0 aliphatic rings. The van der Waals surface area contributed by atoms with Crippen LogP contribution in [0.2, 0.25) is 0 Å². The summed E-state index contributed by atoms with van der Waals surface area (Å²) in [5, 5.41) is 0. The molecule has 2 N–H and O–H groups in total. The highest BCUT2D eigenvalue weighted by molar-refractivity contribution is 5.78. The van der Waals surface area contributed by atoms with Gasteiger partial charge in [0, 0.05) is 0 Å². The van der Waals surface area contributed by atoms with E-state index in [1.807, 2.05) is 62.3 Å². The average molecular weight is 580 g/mol. The summed E-state index contributed by atoms with van der Waals surface area (Å²) in [6, 6.07) is 3.60. The van der Waals surface area contributed by atoms with Crippen molar-refractivity contribution in [2.24, 2.45) is 22.0 Å². The van der Waals surface area contributed by atoms with E-state index >= 15 is 0 Å². The van der Waals surface area contributed by atoms with Crippen molar-refractivity contribution < 1.29 is 42.9 Å². The van der Waals surface area contributed by atoms with Crippen molar-refractivity contribution in [2.45, 2.75) is 114 Å². The van der Waals surface area contributed by atoms with Crippen molar-refractivity contribution in [3.8, 4) is 11.5 Å². The molecule has 0 aliphatic heterocycles. The number of hydrogen-bond acceptors (Lipinski definition) is 10. The van der Waals surface area contributed by atoms with Gasteiger partial charge in [0.15, 0.2) is 11.5 Å². The van der Waals surface area contributed by atoms with Gasteiger partial charge in [-0.3, -0.25) is 14.4 Å². The molecule has 1 rings (SSSR count). The van der Waals surface area contributed by atoms with Gasteiger partial charge < -0.3 is 29.4 Å². The first-order chi connectivity index (χ1) is 18.5. The third-order valence-electron chi connectivity index (χ3n) is 5.43. The maximum Gasteiger partial charge on any atom is 0.508 e. The molecule has 1 aromatic rings. The number of ether oxygens (including phenoxy) is 5. The second-order valence-corrected chi connectivity index (χ2v) is 14.1. The van der Waals surface area contributed by atoms with Gasteiger partial charge in [-0.25, -0.2) is 4.79 Å². The third kappa shape index (κ3) is 15.4. The van der Waals surface area contributed by atoms with Crippen LogP contribution >= 0.6 is 0 Å². The second-order valence-electron chi connectivity index (χ2n) is 14.1. The molecule has 0 saturated carbocycles. The fraction of sp³-hybridized carbons (Fsp3) is 0.677. The minimum Gasteiger partial charge on any atom is -0.458 e. The zero-order chi connectivity index (χ0) is 31.8.